The first-order valence-electron chi connectivity index (χ1n) is 3.34. The van der Waals surface area contributed by atoms with Gasteiger partial charge in [-0.15, -0.1) is 0 Å². The van der Waals surface area contributed by atoms with Gasteiger partial charge in [0.05, 0.1) is 20.6 Å². The van der Waals surface area contributed by atoms with Crippen molar-refractivity contribution < 1.29 is 14.6 Å². The quantitative estimate of drug-likeness (QED) is 0.637. The van der Waals surface area contributed by atoms with Crippen LogP contribution in [0.2, 0.25) is 0 Å². The lowest BCUT2D eigenvalue weighted by molar-refractivity contribution is 0.144. The Morgan fingerprint density at radius 1 is 1.43 bits per heavy atom. The number of halogens is 2. The van der Waals surface area contributed by atoms with Crippen LogP contribution >= 0.6 is 31.9 Å². The summed E-state index contributed by atoms with van der Waals surface area (Å²) >= 11 is 6.20. The van der Waals surface area contributed by atoms with Gasteiger partial charge >= 0.3 is 6.16 Å². The first-order chi connectivity index (χ1) is 6.54. The molecule has 0 saturated carbocycles. The standard InChI is InChI=1S/C8H3Br2NO3/c9-5-1-4(3-11)2-6(10)7(5)14-8(12)13/h1-2H,(H,12,13). The maximum atomic E-state index is 10.3. The second-order valence-corrected chi connectivity index (χ2v) is 3.96. The smallest absolute Gasteiger partial charge is 0.449 e. The average Bonchev–Trinajstić information content (AvgIpc) is 2.10. The fourth-order valence-corrected chi connectivity index (χ4v) is 2.16. The van der Waals surface area contributed by atoms with Crippen LogP contribution in [-0.4, -0.2) is 11.3 Å². The molecule has 0 bridgehead atoms. The summed E-state index contributed by atoms with van der Waals surface area (Å²) in [5, 5.41) is 17.0. The normalized spacial score (nSPS) is 9.21. The molecule has 0 heterocycles. The van der Waals surface area contributed by atoms with Gasteiger partial charge in [0.2, 0.25) is 0 Å². The molecule has 72 valence electrons. The third kappa shape index (κ3) is 2.47. The van der Waals surface area contributed by atoms with Gasteiger partial charge in [0.1, 0.15) is 0 Å². The van der Waals surface area contributed by atoms with Crippen LogP contribution in [0.3, 0.4) is 0 Å². The van der Waals surface area contributed by atoms with Gasteiger partial charge in [-0.1, -0.05) is 0 Å². The number of nitriles is 1. The highest BCUT2D eigenvalue weighted by molar-refractivity contribution is 9.11. The first kappa shape index (κ1) is 11.0. The van der Waals surface area contributed by atoms with Crippen molar-refractivity contribution in [3.63, 3.8) is 0 Å². The van der Waals surface area contributed by atoms with E-state index >= 15 is 0 Å². The van der Waals surface area contributed by atoms with Gasteiger partial charge in [0, 0.05) is 0 Å². The zero-order valence-corrected chi connectivity index (χ0v) is 9.79. The summed E-state index contributed by atoms with van der Waals surface area (Å²) in [6, 6.07) is 4.88. The van der Waals surface area contributed by atoms with Crippen molar-refractivity contribution in [1.29, 1.82) is 5.26 Å². The summed E-state index contributed by atoms with van der Waals surface area (Å²) in [4.78, 5) is 10.3. The van der Waals surface area contributed by atoms with Crippen LogP contribution in [0.15, 0.2) is 21.1 Å². The Bertz CT molecular complexity index is 402. The summed E-state index contributed by atoms with van der Waals surface area (Å²) < 4.78 is 5.31. The Hall–Kier alpha value is -1.06. The number of benzene rings is 1. The SMILES string of the molecule is N#Cc1cc(Br)c(OC(=O)O)c(Br)c1. The predicted octanol–water partition coefficient (Wildman–Crippen LogP) is 3.14. The molecule has 1 rings (SSSR count). The molecule has 0 aliphatic carbocycles. The number of nitrogens with zero attached hydrogens (tertiary/aromatic N) is 1. The Morgan fingerprint density at radius 3 is 2.29 bits per heavy atom. The topological polar surface area (TPSA) is 70.3 Å². The van der Waals surface area contributed by atoms with Crippen molar-refractivity contribution in [1.82, 2.24) is 0 Å². The van der Waals surface area contributed by atoms with E-state index in [2.05, 4.69) is 36.6 Å². The second kappa shape index (κ2) is 4.44. The molecule has 0 aliphatic rings. The number of hydrogen-bond donors (Lipinski definition) is 1. The second-order valence-electron chi connectivity index (χ2n) is 2.25. The number of hydrogen-bond acceptors (Lipinski definition) is 3. The zero-order valence-electron chi connectivity index (χ0n) is 6.62. The van der Waals surface area contributed by atoms with Crippen molar-refractivity contribution in [3.8, 4) is 11.8 Å². The summed E-state index contributed by atoms with van der Waals surface area (Å²) in [6.07, 6.45) is -1.41. The van der Waals surface area contributed by atoms with Crippen LogP contribution < -0.4 is 4.74 Å². The van der Waals surface area contributed by atoms with Gasteiger partial charge in [-0.25, -0.2) is 4.79 Å². The predicted molar refractivity (Wildman–Crippen MR) is 55.2 cm³/mol. The molecule has 1 aromatic rings. The van der Waals surface area contributed by atoms with Crippen molar-refractivity contribution >= 4 is 38.0 Å². The summed E-state index contributed by atoms with van der Waals surface area (Å²) in [6.45, 7) is 0. The molecule has 0 unspecified atom stereocenters. The van der Waals surface area contributed by atoms with Gasteiger partial charge in [-0.2, -0.15) is 5.26 Å². The van der Waals surface area contributed by atoms with Gasteiger partial charge in [0.25, 0.3) is 0 Å². The number of rotatable bonds is 1. The van der Waals surface area contributed by atoms with E-state index in [0.717, 1.165) is 0 Å². The minimum atomic E-state index is -1.41. The minimum Gasteiger partial charge on any atom is -0.449 e. The molecule has 0 aromatic heterocycles. The molecular weight excluding hydrogens is 318 g/mol. The van der Waals surface area contributed by atoms with Crippen molar-refractivity contribution in [3.05, 3.63) is 26.6 Å². The lowest BCUT2D eigenvalue weighted by atomic mass is 10.2. The number of ether oxygens (including phenoxy) is 1. The summed E-state index contributed by atoms with van der Waals surface area (Å²) in [5.74, 6) is 0.136. The molecule has 0 atom stereocenters. The summed E-state index contributed by atoms with van der Waals surface area (Å²) in [5.41, 5.74) is 0.404. The molecule has 6 heteroatoms. The highest BCUT2D eigenvalue weighted by Crippen LogP contribution is 2.34. The lowest BCUT2D eigenvalue weighted by Gasteiger charge is -2.05. The van der Waals surface area contributed by atoms with Crippen molar-refractivity contribution in [2.75, 3.05) is 0 Å². The maximum Gasteiger partial charge on any atom is 0.511 e. The van der Waals surface area contributed by atoms with Crippen LogP contribution in [-0.2, 0) is 0 Å². The van der Waals surface area contributed by atoms with Crippen LogP contribution in [0.1, 0.15) is 5.56 Å². The molecule has 4 nitrogen and oxygen atoms in total. The van der Waals surface area contributed by atoms with Crippen LogP contribution in [0, 0.1) is 11.3 Å². The highest BCUT2D eigenvalue weighted by Gasteiger charge is 2.11. The molecule has 14 heavy (non-hydrogen) atoms. The third-order valence-corrected chi connectivity index (χ3v) is 2.49. The fraction of sp³-hybridized carbons (Fsp3) is 0. The molecular formula is C8H3Br2NO3. The van der Waals surface area contributed by atoms with E-state index in [1.54, 1.807) is 0 Å². The van der Waals surface area contributed by atoms with Gasteiger partial charge in [-0.3, -0.25) is 0 Å². The van der Waals surface area contributed by atoms with Crippen LogP contribution in [0.4, 0.5) is 4.79 Å². The Labute approximate surface area is 96.4 Å². The molecule has 0 spiro atoms. The van der Waals surface area contributed by atoms with E-state index in [-0.39, 0.29) is 5.75 Å². The van der Waals surface area contributed by atoms with E-state index < -0.39 is 6.16 Å². The van der Waals surface area contributed by atoms with E-state index in [9.17, 15) is 4.79 Å². The van der Waals surface area contributed by atoms with Crippen molar-refractivity contribution in [2.45, 2.75) is 0 Å². The highest BCUT2D eigenvalue weighted by atomic mass is 79.9. The van der Waals surface area contributed by atoms with E-state index in [4.69, 9.17) is 10.4 Å². The van der Waals surface area contributed by atoms with Gasteiger partial charge in [-0.05, 0) is 44.0 Å². The minimum absolute atomic E-state index is 0.136. The molecule has 0 aliphatic heterocycles. The van der Waals surface area contributed by atoms with Gasteiger partial charge in [0.15, 0.2) is 5.75 Å². The summed E-state index contributed by atoms with van der Waals surface area (Å²) in [7, 11) is 0. The lowest BCUT2D eigenvalue weighted by Crippen LogP contribution is -2.04. The molecule has 1 N–H and O–H groups in total. The first-order valence-corrected chi connectivity index (χ1v) is 4.93. The average molecular weight is 321 g/mol. The molecule has 0 fully saturated rings. The number of carbonyl (C=O) groups is 1. The Morgan fingerprint density at radius 2 is 1.93 bits per heavy atom. The van der Waals surface area contributed by atoms with Crippen molar-refractivity contribution in [2.24, 2.45) is 0 Å². The Kier molecular flexibility index (Phi) is 3.49. The fourth-order valence-electron chi connectivity index (χ4n) is 0.809. The van der Waals surface area contributed by atoms with E-state index in [0.29, 0.717) is 14.5 Å². The maximum absolute atomic E-state index is 10.3. The third-order valence-electron chi connectivity index (χ3n) is 1.32. The van der Waals surface area contributed by atoms with E-state index in [1.807, 2.05) is 6.07 Å². The largest absolute Gasteiger partial charge is 0.511 e. The zero-order chi connectivity index (χ0) is 10.7. The molecule has 0 amide bonds. The van der Waals surface area contributed by atoms with Crippen LogP contribution in [0.5, 0.6) is 5.75 Å². The van der Waals surface area contributed by atoms with Gasteiger partial charge < -0.3 is 9.84 Å². The molecule has 1 aromatic carbocycles. The number of carboxylic acid groups (broad SMARTS) is 1. The molecule has 0 saturated heterocycles. The Balaban J connectivity index is 3.19. The molecule has 0 radical (unpaired) electrons. The van der Waals surface area contributed by atoms with E-state index in [1.165, 1.54) is 12.1 Å². The van der Waals surface area contributed by atoms with Crippen LogP contribution in [0.25, 0.3) is 0 Å². The monoisotopic (exact) mass is 319 g/mol.